The summed E-state index contributed by atoms with van der Waals surface area (Å²) in [5, 5.41) is 11.4. The normalized spacial score (nSPS) is 16.0. The number of ether oxygens (including phenoxy) is 2. The minimum Gasteiger partial charge on any atom is -0.466 e. The minimum atomic E-state index is -0.872. The van der Waals surface area contributed by atoms with Crippen molar-refractivity contribution in [2.45, 2.75) is 33.2 Å². The lowest BCUT2D eigenvalue weighted by Crippen LogP contribution is -2.35. The molecule has 0 bridgehead atoms. The van der Waals surface area contributed by atoms with Crippen molar-refractivity contribution in [1.82, 2.24) is 4.90 Å². The van der Waals surface area contributed by atoms with Gasteiger partial charge in [0, 0.05) is 30.1 Å². The highest BCUT2D eigenvalue weighted by atomic mass is 16.6. The highest BCUT2D eigenvalue weighted by Crippen LogP contribution is 2.44. The molecule has 0 fully saturated rings. The molecule has 2 aromatic carbocycles. The molecule has 0 N–H and O–H groups in total. The van der Waals surface area contributed by atoms with Crippen molar-refractivity contribution >= 4 is 17.6 Å². The van der Waals surface area contributed by atoms with Crippen molar-refractivity contribution in [2.75, 3.05) is 13.7 Å². The average Bonchev–Trinajstić information content (AvgIpc) is 2.81. The monoisotopic (exact) mass is 450 g/mol. The fourth-order valence-electron chi connectivity index (χ4n) is 4.11. The Bertz CT molecular complexity index is 1140. The van der Waals surface area contributed by atoms with Crippen LogP contribution < -0.4 is 0 Å². The van der Waals surface area contributed by atoms with Crippen LogP contribution in [0.3, 0.4) is 0 Å². The molecule has 2 aromatic rings. The number of rotatable bonds is 7. The lowest BCUT2D eigenvalue weighted by atomic mass is 9.79. The number of esters is 2. The van der Waals surface area contributed by atoms with Crippen molar-refractivity contribution in [3.8, 4) is 0 Å². The Morgan fingerprint density at radius 2 is 1.64 bits per heavy atom. The summed E-state index contributed by atoms with van der Waals surface area (Å²) in [4.78, 5) is 38.9. The first-order chi connectivity index (χ1) is 15.8. The maximum absolute atomic E-state index is 13.2. The zero-order chi connectivity index (χ0) is 24.1. The molecular formula is C25H26N2O6. The first kappa shape index (κ1) is 23.7. The SMILES string of the molecule is CCOC(=O)C1=C(C)N(Cc2ccccc2)C(C)=C(C(=O)OC)C1c1cccc([N+](=O)[O-])c1. The van der Waals surface area contributed by atoms with Gasteiger partial charge in [0.2, 0.25) is 0 Å². The van der Waals surface area contributed by atoms with Gasteiger partial charge in [0.25, 0.3) is 5.69 Å². The lowest BCUT2D eigenvalue weighted by molar-refractivity contribution is -0.384. The van der Waals surface area contributed by atoms with Crippen LogP contribution in [-0.2, 0) is 25.6 Å². The molecule has 1 heterocycles. The van der Waals surface area contributed by atoms with Gasteiger partial charge in [0.1, 0.15) is 0 Å². The predicted molar refractivity (Wildman–Crippen MR) is 122 cm³/mol. The summed E-state index contributed by atoms with van der Waals surface area (Å²) in [6, 6.07) is 15.6. The number of hydrogen-bond donors (Lipinski definition) is 0. The van der Waals surface area contributed by atoms with Crippen molar-refractivity contribution in [2.24, 2.45) is 0 Å². The van der Waals surface area contributed by atoms with Crippen LogP contribution in [-0.4, -0.2) is 35.5 Å². The number of methoxy groups -OCH3 is 1. The minimum absolute atomic E-state index is 0.137. The van der Waals surface area contributed by atoms with Crippen LogP contribution in [0.25, 0.3) is 0 Å². The van der Waals surface area contributed by atoms with E-state index in [1.54, 1.807) is 26.8 Å². The van der Waals surface area contributed by atoms with E-state index in [0.717, 1.165) is 5.56 Å². The van der Waals surface area contributed by atoms with Crippen molar-refractivity contribution in [3.63, 3.8) is 0 Å². The molecule has 0 spiro atoms. The molecule has 3 rings (SSSR count). The fourth-order valence-corrected chi connectivity index (χ4v) is 4.11. The Morgan fingerprint density at radius 1 is 1.00 bits per heavy atom. The molecule has 0 radical (unpaired) electrons. The van der Waals surface area contributed by atoms with Crippen LogP contribution in [0, 0.1) is 10.1 Å². The standard InChI is InChI=1S/C25H26N2O6/c1-5-33-25(29)22-17(3)26(15-18-10-7-6-8-11-18)16(2)21(24(28)32-4)23(22)19-12-9-13-20(14-19)27(30)31/h6-14,23H,5,15H2,1-4H3. The molecule has 1 atom stereocenters. The number of nitro benzene ring substituents is 1. The number of allylic oxidation sites excluding steroid dienone is 2. The number of carbonyl (C=O) groups excluding carboxylic acids is 2. The van der Waals surface area contributed by atoms with Gasteiger partial charge in [-0.25, -0.2) is 9.59 Å². The van der Waals surface area contributed by atoms with Crippen LogP contribution in [0.15, 0.2) is 77.1 Å². The van der Waals surface area contributed by atoms with E-state index in [-0.39, 0.29) is 23.4 Å². The smallest absolute Gasteiger partial charge is 0.336 e. The van der Waals surface area contributed by atoms with Crippen molar-refractivity contribution in [1.29, 1.82) is 0 Å². The zero-order valence-electron chi connectivity index (χ0n) is 19.0. The number of carbonyl (C=O) groups is 2. The molecule has 8 nitrogen and oxygen atoms in total. The molecule has 1 aliphatic heterocycles. The van der Waals surface area contributed by atoms with E-state index in [9.17, 15) is 19.7 Å². The Hall–Kier alpha value is -3.94. The summed E-state index contributed by atoms with van der Waals surface area (Å²) < 4.78 is 10.4. The number of benzene rings is 2. The van der Waals surface area contributed by atoms with Crippen LogP contribution in [0.4, 0.5) is 5.69 Å². The van der Waals surface area contributed by atoms with Gasteiger partial charge in [0.05, 0.1) is 35.7 Å². The second kappa shape index (κ2) is 10.1. The van der Waals surface area contributed by atoms with Gasteiger partial charge in [-0.05, 0) is 31.9 Å². The van der Waals surface area contributed by atoms with E-state index < -0.39 is 22.8 Å². The van der Waals surface area contributed by atoms with Gasteiger partial charge in [-0.2, -0.15) is 0 Å². The van der Waals surface area contributed by atoms with Gasteiger partial charge in [-0.1, -0.05) is 42.5 Å². The van der Waals surface area contributed by atoms with Crippen LogP contribution >= 0.6 is 0 Å². The molecule has 1 unspecified atom stereocenters. The van der Waals surface area contributed by atoms with Crippen LogP contribution in [0.2, 0.25) is 0 Å². The highest BCUT2D eigenvalue weighted by molar-refractivity contribution is 5.99. The fraction of sp³-hybridized carbons (Fsp3) is 0.280. The molecule has 33 heavy (non-hydrogen) atoms. The molecule has 0 saturated heterocycles. The van der Waals surface area contributed by atoms with E-state index in [1.807, 2.05) is 35.2 Å². The van der Waals surface area contributed by atoms with Gasteiger partial charge in [0.15, 0.2) is 0 Å². The summed E-state index contributed by atoms with van der Waals surface area (Å²) >= 11 is 0. The average molecular weight is 450 g/mol. The summed E-state index contributed by atoms with van der Waals surface area (Å²) in [6.07, 6.45) is 0. The van der Waals surface area contributed by atoms with E-state index >= 15 is 0 Å². The second-order valence-corrected chi connectivity index (χ2v) is 7.57. The molecule has 0 aliphatic carbocycles. The quantitative estimate of drug-likeness (QED) is 0.348. The summed E-state index contributed by atoms with van der Waals surface area (Å²) in [6.45, 7) is 5.83. The summed E-state index contributed by atoms with van der Waals surface area (Å²) in [5.41, 5.74) is 2.98. The summed E-state index contributed by atoms with van der Waals surface area (Å²) in [5.74, 6) is -2.07. The Balaban J connectivity index is 2.26. The number of nitro groups is 1. The maximum atomic E-state index is 13.2. The van der Waals surface area contributed by atoms with E-state index in [4.69, 9.17) is 9.47 Å². The highest BCUT2D eigenvalue weighted by Gasteiger charge is 2.40. The lowest BCUT2D eigenvalue weighted by Gasteiger charge is -2.38. The largest absolute Gasteiger partial charge is 0.466 e. The Labute approximate surface area is 192 Å². The Morgan fingerprint density at radius 3 is 2.21 bits per heavy atom. The molecule has 172 valence electrons. The third-order valence-electron chi connectivity index (χ3n) is 5.67. The van der Waals surface area contributed by atoms with Crippen LogP contribution in [0.1, 0.15) is 37.8 Å². The third kappa shape index (κ3) is 4.79. The molecule has 1 aliphatic rings. The third-order valence-corrected chi connectivity index (χ3v) is 5.67. The summed E-state index contributed by atoms with van der Waals surface area (Å²) in [7, 11) is 1.27. The zero-order valence-corrected chi connectivity index (χ0v) is 19.0. The molecule has 8 heteroatoms. The van der Waals surface area contributed by atoms with Gasteiger partial charge >= 0.3 is 11.9 Å². The first-order valence-electron chi connectivity index (χ1n) is 10.5. The first-order valence-corrected chi connectivity index (χ1v) is 10.5. The molecule has 0 amide bonds. The van der Waals surface area contributed by atoms with Gasteiger partial charge < -0.3 is 14.4 Å². The number of hydrogen-bond acceptors (Lipinski definition) is 7. The van der Waals surface area contributed by atoms with Crippen molar-refractivity contribution < 1.29 is 24.0 Å². The second-order valence-electron chi connectivity index (χ2n) is 7.57. The predicted octanol–water partition coefficient (Wildman–Crippen LogP) is 4.48. The number of non-ortho nitro benzene ring substituents is 1. The van der Waals surface area contributed by atoms with Gasteiger partial charge in [-0.3, -0.25) is 10.1 Å². The molecule has 0 saturated carbocycles. The van der Waals surface area contributed by atoms with Crippen LogP contribution in [0.5, 0.6) is 0 Å². The maximum Gasteiger partial charge on any atom is 0.336 e. The topological polar surface area (TPSA) is 99.0 Å². The van der Waals surface area contributed by atoms with E-state index in [1.165, 1.54) is 25.3 Å². The molecular weight excluding hydrogens is 424 g/mol. The van der Waals surface area contributed by atoms with Gasteiger partial charge in [-0.15, -0.1) is 0 Å². The molecule has 0 aromatic heterocycles. The van der Waals surface area contributed by atoms with Crippen molar-refractivity contribution in [3.05, 3.63) is 98.4 Å². The Kier molecular flexibility index (Phi) is 7.27. The van der Waals surface area contributed by atoms with E-state index in [0.29, 0.717) is 23.5 Å². The number of nitrogens with zero attached hydrogens (tertiary/aromatic N) is 2. The van der Waals surface area contributed by atoms with E-state index in [2.05, 4.69) is 0 Å².